The predicted octanol–water partition coefficient (Wildman–Crippen LogP) is 2.22. The zero-order chi connectivity index (χ0) is 9.30. The van der Waals surface area contributed by atoms with E-state index in [-0.39, 0.29) is 0 Å². The maximum absolute atomic E-state index is 12.5. The summed E-state index contributed by atoms with van der Waals surface area (Å²) in [5, 5.41) is -0.646. The van der Waals surface area contributed by atoms with Gasteiger partial charge in [0.2, 0.25) is 6.29 Å². The smallest absolute Gasteiger partial charge is 0.236 e. The normalized spacial score (nSPS) is 10.0. The molecule has 63 valence electrons. The number of rotatable bonds is 1. The van der Waals surface area contributed by atoms with E-state index in [4.69, 9.17) is 11.6 Å². The quantitative estimate of drug-likeness (QED) is 0.494. The Morgan fingerprint density at radius 1 is 1.17 bits per heavy atom. The molecule has 0 aliphatic rings. The van der Waals surface area contributed by atoms with Crippen LogP contribution in [0, 0.1) is 17.5 Å². The van der Waals surface area contributed by atoms with Gasteiger partial charge >= 0.3 is 0 Å². The fraction of sp³-hybridized carbons (Fsp3) is 0. The summed E-state index contributed by atoms with van der Waals surface area (Å²) in [5.41, 5.74) is -0.723. The van der Waals surface area contributed by atoms with E-state index in [0.29, 0.717) is 6.07 Å². The van der Waals surface area contributed by atoms with E-state index in [9.17, 15) is 18.0 Å². The lowest BCUT2D eigenvalue weighted by molar-refractivity contribution is 0.445. The minimum Gasteiger partial charge on any atom is -0.285 e. The largest absolute Gasteiger partial charge is 0.285 e. The van der Waals surface area contributed by atoms with E-state index in [0.717, 1.165) is 6.29 Å². The van der Waals surface area contributed by atoms with E-state index < -0.39 is 28.0 Å². The van der Waals surface area contributed by atoms with Crippen LogP contribution in [0.2, 0.25) is 5.02 Å². The molecular formula is C7HClF3O. The fourth-order valence-electron chi connectivity index (χ4n) is 0.647. The highest BCUT2D eigenvalue weighted by Crippen LogP contribution is 2.22. The molecule has 0 unspecified atom stereocenters. The van der Waals surface area contributed by atoms with Crippen LogP contribution in [-0.2, 0) is 4.79 Å². The van der Waals surface area contributed by atoms with Crippen LogP contribution in [0.25, 0.3) is 0 Å². The number of hydrogen-bond donors (Lipinski definition) is 0. The third kappa shape index (κ3) is 1.30. The Balaban J connectivity index is 3.49. The maximum Gasteiger partial charge on any atom is 0.236 e. The molecule has 1 radical (unpaired) electrons. The van der Waals surface area contributed by atoms with Crippen molar-refractivity contribution in [3.05, 3.63) is 34.1 Å². The second-order valence-corrected chi connectivity index (χ2v) is 2.36. The lowest BCUT2D eigenvalue weighted by atomic mass is 10.2. The molecule has 0 saturated heterocycles. The molecule has 0 atom stereocenters. The van der Waals surface area contributed by atoms with E-state index >= 15 is 0 Å². The van der Waals surface area contributed by atoms with Gasteiger partial charge in [0, 0.05) is 0 Å². The lowest BCUT2D eigenvalue weighted by Crippen LogP contribution is -1.97. The molecule has 1 nitrogen and oxygen atoms in total. The van der Waals surface area contributed by atoms with Crippen LogP contribution in [0.1, 0.15) is 5.56 Å². The van der Waals surface area contributed by atoms with Crippen LogP contribution in [0.3, 0.4) is 0 Å². The summed E-state index contributed by atoms with van der Waals surface area (Å²) >= 11 is 5.11. The lowest BCUT2D eigenvalue weighted by Gasteiger charge is -1.98. The van der Waals surface area contributed by atoms with E-state index in [1.807, 2.05) is 0 Å². The van der Waals surface area contributed by atoms with Gasteiger partial charge in [0.1, 0.15) is 0 Å². The molecule has 0 spiro atoms. The standard InChI is InChI=1S/C7HClF3O/c8-4-1-3(2-12)5(9)7(11)6(4)10/h1H. The summed E-state index contributed by atoms with van der Waals surface area (Å²) in [7, 11) is 0. The Kier molecular flexibility index (Phi) is 2.38. The van der Waals surface area contributed by atoms with Gasteiger partial charge in [-0.1, -0.05) is 11.6 Å². The zero-order valence-electron chi connectivity index (χ0n) is 5.50. The van der Waals surface area contributed by atoms with Gasteiger partial charge in [0.15, 0.2) is 17.5 Å². The molecule has 1 aromatic carbocycles. The first-order chi connectivity index (χ1) is 5.57. The van der Waals surface area contributed by atoms with Gasteiger partial charge in [-0.25, -0.2) is 13.2 Å². The topological polar surface area (TPSA) is 17.1 Å². The molecule has 0 amide bonds. The second kappa shape index (κ2) is 3.15. The summed E-state index contributed by atoms with van der Waals surface area (Å²) < 4.78 is 37.4. The third-order valence-electron chi connectivity index (χ3n) is 1.21. The van der Waals surface area contributed by atoms with Crippen molar-refractivity contribution in [2.45, 2.75) is 0 Å². The van der Waals surface area contributed by atoms with Crippen LogP contribution in [0.5, 0.6) is 0 Å². The zero-order valence-corrected chi connectivity index (χ0v) is 6.25. The summed E-state index contributed by atoms with van der Waals surface area (Å²) in [5.74, 6) is -4.85. The van der Waals surface area contributed by atoms with E-state index in [2.05, 4.69) is 0 Å². The monoisotopic (exact) mass is 193 g/mol. The van der Waals surface area contributed by atoms with Crippen molar-refractivity contribution in [2.24, 2.45) is 0 Å². The molecule has 0 heterocycles. The van der Waals surface area contributed by atoms with Crippen molar-refractivity contribution in [3.63, 3.8) is 0 Å². The predicted molar refractivity (Wildman–Crippen MR) is 36.1 cm³/mol. The molecule has 0 saturated carbocycles. The summed E-state index contributed by atoms with van der Waals surface area (Å²) in [6.45, 7) is 0. The van der Waals surface area contributed by atoms with Crippen molar-refractivity contribution in [3.8, 4) is 0 Å². The average Bonchev–Trinajstić information content (AvgIpc) is 2.08. The Hall–Kier alpha value is -1.03. The SMILES string of the molecule is O=[C]c1cc(Cl)c(F)c(F)c1F. The molecule has 12 heavy (non-hydrogen) atoms. The van der Waals surface area contributed by atoms with Crippen molar-refractivity contribution < 1.29 is 18.0 Å². The highest BCUT2D eigenvalue weighted by atomic mass is 35.5. The van der Waals surface area contributed by atoms with Crippen molar-refractivity contribution >= 4 is 17.9 Å². The van der Waals surface area contributed by atoms with Gasteiger partial charge in [-0.15, -0.1) is 0 Å². The molecule has 1 rings (SSSR count). The third-order valence-corrected chi connectivity index (χ3v) is 1.49. The number of halogens is 4. The highest BCUT2D eigenvalue weighted by Gasteiger charge is 2.17. The van der Waals surface area contributed by atoms with Crippen molar-refractivity contribution in [1.82, 2.24) is 0 Å². The van der Waals surface area contributed by atoms with E-state index in [1.165, 1.54) is 0 Å². The minimum atomic E-state index is -1.76. The van der Waals surface area contributed by atoms with Crippen LogP contribution in [-0.4, -0.2) is 6.29 Å². The fourth-order valence-corrected chi connectivity index (χ4v) is 0.839. The first-order valence-electron chi connectivity index (χ1n) is 2.79. The van der Waals surface area contributed by atoms with Crippen molar-refractivity contribution in [2.75, 3.05) is 0 Å². The Morgan fingerprint density at radius 3 is 2.25 bits per heavy atom. The number of hydrogen-bond acceptors (Lipinski definition) is 1. The molecule has 0 bridgehead atoms. The Bertz CT molecular complexity index is 338. The van der Waals surface area contributed by atoms with Gasteiger partial charge in [0.05, 0.1) is 10.6 Å². The van der Waals surface area contributed by atoms with Crippen LogP contribution < -0.4 is 0 Å². The molecule has 0 aliphatic heterocycles. The van der Waals surface area contributed by atoms with Gasteiger partial charge in [-0.05, 0) is 6.07 Å². The molecule has 1 aromatic rings. The summed E-state index contributed by atoms with van der Waals surface area (Å²) in [6.07, 6.45) is 1.09. The van der Waals surface area contributed by atoms with Crippen molar-refractivity contribution in [1.29, 1.82) is 0 Å². The van der Waals surface area contributed by atoms with Crippen LogP contribution in [0.15, 0.2) is 6.07 Å². The van der Waals surface area contributed by atoms with Gasteiger partial charge in [-0.2, -0.15) is 0 Å². The molecule has 0 aromatic heterocycles. The first kappa shape index (κ1) is 9.06. The second-order valence-electron chi connectivity index (χ2n) is 1.95. The Labute approximate surface area is 70.8 Å². The summed E-state index contributed by atoms with van der Waals surface area (Å²) in [6, 6.07) is 0.669. The molecule has 0 aliphatic carbocycles. The van der Waals surface area contributed by atoms with Gasteiger partial charge < -0.3 is 0 Å². The van der Waals surface area contributed by atoms with Crippen LogP contribution in [0.4, 0.5) is 13.2 Å². The van der Waals surface area contributed by atoms with E-state index in [1.54, 1.807) is 0 Å². The van der Waals surface area contributed by atoms with Gasteiger partial charge in [-0.3, -0.25) is 4.79 Å². The molecular weight excluding hydrogens is 193 g/mol. The maximum atomic E-state index is 12.5. The molecule has 0 fully saturated rings. The molecule has 5 heteroatoms. The number of benzene rings is 1. The average molecular weight is 194 g/mol. The summed E-state index contributed by atoms with van der Waals surface area (Å²) in [4.78, 5) is 9.93. The Morgan fingerprint density at radius 2 is 1.75 bits per heavy atom. The van der Waals surface area contributed by atoms with Crippen LogP contribution >= 0.6 is 11.6 Å². The first-order valence-corrected chi connectivity index (χ1v) is 3.17. The van der Waals surface area contributed by atoms with Gasteiger partial charge in [0.25, 0.3) is 0 Å². The molecule has 0 N–H and O–H groups in total. The highest BCUT2D eigenvalue weighted by molar-refractivity contribution is 6.31. The number of carbonyl (C=O) groups excluding carboxylic acids is 1. The minimum absolute atomic E-state index is 0.646.